The van der Waals surface area contributed by atoms with E-state index in [1.165, 1.54) is 17.3 Å². The van der Waals surface area contributed by atoms with Gasteiger partial charge in [-0.25, -0.2) is 0 Å². The minimum Gasteiger partial charge on any atom is -0.353 e. The Morgan fingerprint density at radius 1 is 1.52 bits per heavy atom. The Morgan fingerprint density at radius 2 is 2.30 bits per heavy atom. The van der Waals surface area contributed by atoms with Crippen molar-refractivity contribution in [3.8, 4) is 0 Å². The van der Waals surface area contributed by atoms with Crippen molar-refractivity contribution < 1.29 is 9.59 Å². The van der Waals surface area contributed by atoms with Crippen LogP contribution < -0.4 is 10.6 Å². The van der Waals surface area contributed by atoms with E-state index < -0.39 is 10.8 Å². The Labute approximate surface area is 150 Å². The second-order valence-electron chi connectivity index (χ2n) is 5.82. The van der Waals surface area contributed by atoms with Crippen molar-refractivity contribution >= 4 is 46.9 Å². The maximum absolute atomic E-state index is 12.1. The number of hydrogen-bond donors (Lipinski definition) is 2. The molecule has 1 atom stereocenters. The van der Waals surface area contributed by atoms with E-state index in [1.807, 2.05) is 38.1 Å². The highest BCUT2D eigenvalue weighted by atomic mass is 35.5. The molecule has 0 radical (unpaired) electrons. The molecular formula is C16H21ClN2O2S2. The number of rotatable bonds is 6. The van der Waals surface area contributed by atoms with E-state index in [1.54, 1.807) is 11.8 Å². The van der Waals surface area contributed by atoms with Gasteiger partial charge in [-0.05, 0) is 31.5 Å². The summed E-state index contributed by atoms with van der Waals surface area (Å²) in [6.45, 7) is 4.33. The molecular weight excluding hydrogens is 352 g/mol. The third-order valence-electron chi connectivity index (χ3n) is 3.48. The fourth-order valence-corrected chi connectivity index (χ4v) is 4.09. The molecule has 4 nitrogen and oxygen atoms in total. The molecule has 126 valence electrons. The highest BCUT2D eigenvalue weighted by molar-refractivity contribution is 8.01. The van der Waals surface area contributed by atoms with Crippen LogP contribution in [0.4, 0.5) is 0 Å². The summed E-state index contributed by atoms with van der Waals surface area (Å²) in [7, 11) is 0. The van der Waals surface area contributed by atoms with Gasteiger partial charge in [0, 0.05) is 28.8 Å². The lowest BCUT2D eigenvalue weighted by Gasteiger charge is -2.32. The second kappa shape index (κ2) is 8.31. The van der Waals surface area contributed by atoms with E-state index >= 15 is 0 Å². The van der Waals surface area contributed by atoms with E-state index in [-0.39, 0.29) is 11.8 Å². The van der Waals surface area contributed by atoms with Crippen LogP contribution in [0, 0.1) is 0 Å². The van der Waals surface area contributed by atoms with Gasteiger partial charge in [0.05, 0.1) is 4.75 Å². The molecule has 1 saturated heterocycles. The fourth-order valence-electron chi connectivity index (χ4n) is 2.06. The molecule has 0 spiro atoms. The third kappa shape index (κ3) is 5.62. The summed E-state index contributed by atoms with van der Waals surface area (Å²) in [5.41, 5.74) is 1.17. The molecule has 0 unspecified atom stereocenters. The SMILES string of the molecule is CC1(C)SC[C@H](C(=O)NCCSCc2cccc(Cl)c2)NC1=O. The van der Waals surface area contributed by atoms with Crippen molar-refractivity contribution in [3.05, 3.63) is 34.9 Å². The van der Waals surface area contributed by atoms with Crippen molar-refractivity contribution in [2.45, 2.75) is 30.4 Å². The molecule has 1 aliphatic heterocycles. The Kier molecular flexibility index (Phi) is 6.68. The first kappa shape index (κ1) is 18.5. The van der Waals surface area contributed by atoms with Gasteiger partial charge in [-0.1, -0.05) is 23.7 Å². The van der Waals surface area contributed by atoms with Crippen LogP contribution in [0.5, 0.6) is 0 Å². The van der Waals surface area contributed by atoms with Gasteiger partial charge in [-0.2, -0.15) is 11.8 Å². The van der Waals surface area contributed by atoms with Crippen molar-refractivity contribution in [2.24, 2.45) is 0 Å². The Bertz CT molecular complexity index is 581. The quantitative estimate of drug-likeness (QED) is 0.754. The Balaban J connectivity index is 1.65. The van der Waals surface area contributed by atoms with Crippen LogP contribution >= 0.6 is 35.1 Å². The molecule has 1 fully saturated rings. The summed E-state index contributed by atoms with van der Waals surface area (Å²) in [5, 5.41) is 6.41. The molecule has 7 heteroatoms. The molecule has 2 amide bonds. The number of benzene rings is 1. The van der Waals surface area contributed by atoms with Crippen LogP contribution in [-0.2, 0) is 15.3 Å². The van der Waals surface area contributed by atoms with Crippen LogP contribution in [0.3, 0.4) is 0 Å². The standard InChI is InChI=1S/C16H21ClN2O2S2/c1-16(2)15(21)19-13(10-23-16)14(20)18-6-7-22-9-11-4-3-5-12(17)8-11/h3-5,8,13H,6-7,9-10H2,1-2H3,(H,18,20)(H,19,21)/t13-/m1/s1. The largest absolute Gasteiger partial charge is 0.353 e. The van der Waals surface area contributed by atoms with Gasteiger partial charge in [0.25, 0.3) is 0 Å². The Morgan fingerprint density at radius 3 is 3.00 bits per heavy atom. The summed E-state index contributed by atoms with van der Waals surface area (Å²) in [6, 6.07) is 7.34. The topological polar surface area (TPSA) is 58.2 Å². The van der Waals surface area contributed by atoms with Gasteiger partial charge in [-0.15, -0.1) is 11.8 Å². The van der Waals surface area contributed by atoms with Gasteiger partial charge in [-0.3, -0.25) is 9.59 Å². The number of halogens is 1. The third-order valence-corrected chi connectivity index (χ3v) is 6.16. The average Bonchev–Trinajstić information content (AvgIpc) is 2.49. The van der Waals surface area contributed by atoms with Crippen molar-refractivity contribution in [1.82, 2.24) is 10.6 Å². The molecule has 1 aromatic carbocycles. The maximum Gasteiger partial charge on any atom is 0.243 e. The molecule has 1 aromatic rings. The van der Waals surface area contributed by atoms with E-state index in [9.17, 15) is 9.59 Å². The van der Waals surface area contributed by atoms with Gasteiger partial charge in [0.2, 0.25) is 11.8 Å². The predicted octanol–water partition coefficient (Wildman–Crippen LogP) is 2.70. The summed E-state index contributed by atoms with van der Waals surface area (Å²) >= 11 is 9.20. The first-order valence-corrected chi connectivity index (χ1v) is 9.95. The van der Waals surface area contributed by atoms with Gasteiger partial charge in [0.15, 0.2) is 0 Å². The minimum atomic E-state index is -0.455. The second-order valence-corrected chi connectivity index (χ2v) is 9.01. The first-order chi connectivity index (χ1) is 10.9. The average molecular weight is 373 g/mol. The van der Waals surface area contributed by atoms with E-state index in [0.717, 1.165) is 16.5 Å². The van der Waals surface area contributed by atoms with Crippen LogP contribution in [0.2, 0.25) is 5.02 Å². The zero-order valence-corrected chi connectivity index (χ0v) is 15.6. The first-order valence-electron chi connectivity index (χ1n) is 7.43. The molecule has 0 aromatic heterocycles. The maximum atomic E-state index is 12.1. The number of hydrogen-bond acceptors (Lipinski definition) is 4. The normalized spacial score (nSPS) is 20.0. The number of carbonyl (C=O) groups excluding carboxylic acids is 2. The van der Waals surface area contributed by atoms with Gasteiger partial charge >= 0.3 is 0 Å². The number of amides is 2. The lowest BCUT2D eigenvalue weighted by molar-refractivity contribution is -0.129. The zero-order valence-electron chi connectivity index (χ0n) is 13.2. The molecule has 2 rings (SSSR count). The lowest BCUT2D eigenvalue weighted by atomic mass is 10.1. The van der Waals surface area contributed by atoms with Crippen molar-refractivity contribution in [1.29, 1.82) is 0 Å². The molecule has 23 heavy (non-hydrogen) atoms. The molecule has 0 aliphatic carbocycles. The molecule has 1 aliphatic rings. The summed E-state index contributed by atoms with van der Waals surface area (Å²) in [5.74, 6) is 2.10. The van der Waals surface area contributed by atoms with E-state index in [4.69, 9.17) is 11.6 Å². The fraction of sp³-hybridized carbons (Fsp3) is 0.500. The highest BCUT2D eigenvalue weighted by Gasteiger charge is 2.37. The van der Waals surface area contributed by atoms with Crippen molar-refractivity contribution in [2.75, 3.05) is 18.1 Å². The summed E-state index contributed by atoms with van der Waals surface area (Å²) in [4.78, 5) is 23.9. The molecule has 2 N–H and O–H groups in total. The number of nitrogens with one attached hydrogen (secondary N) is 2. The van der Waals surface area contributed by atoms with Gasteiger partial charge in [0.1, 0.15) is 6.04 Å². The monoisotopic (exact) mass is 372 g/mol. The summed E-state index contributed by atoms with van der Waals surface area (Å²) in [6.07, 6.45) is 0. The molecule has 0 saturated carbocycles. The van der Waals surface area contributed by atoms with Crippen LogP contribution in [0.15, 0.2) is 24.3 Å². The molecule has 1 heterocycles. The highest BCUT2D eigenvalue weighted by Crippen LogP contribution is 2.28. The minimum absolute atomic E-state index is 0.0794. The number of thioether (sulfide) groups is 2. The van der Waals surface area contributed by atoms with Crippen LogP contribution in [0.1, 0.15) is 19.4 Å². The predicted molar refractivity (Wildman–Crippen MR) is 99.1 cm³/mol. The zero-order chi connectivity index (χ0) is 16.9. The summed E-state index contributed by atoms with van der Waals surface area (Å²) < 4.78 is -0.455. The van der Waals surface area contributed by atoms with Crippen LogP contribution in [0.25, 0.3) is 0 Å². The van der Waals surface area contributed by atoms with Crippen molar-refractivity contribution in [3.63, 3.8) is 0 Å². The van der Waals surface area contributed by atoms with Gasteiger partial charge < -0.3 is 10.6 Å². The number of carbonyl (C=O) groups is 2. The Hall–Kier alpha value is -0.850. The lowest BCUT2D eigenvalue weighted by Crippen LogP contribution is -2.57. The van der Waals surface area contributed by atoms with Crippen LogP contribution in [-0.4, -0.2) is 40.7 Å². The smallest absolute Gasteiger partial charge is 0.243 e. The van der Waals surface area contributed by atoms with E-state index in [2.05, 4.69) is 10.6 Å². The van der Waals surface area contributed by atoms with E-state index in [0.29, 0.717) is 12.3 Å². The molecule has 0 bridgehead atoms.